The van der Waals surface area contributed by atoms with Crippen LogP contribution in [0.3, 0.4) is 0 Å². The van der Waals surface area contributed by atoms with Gasteiger partial charge >= 0.3 is 0 Å². The minimum absolute atomic E-state index is 0.0617. The molecule has 4 rings (SSSR count). The van der Waals surface area contributed by atoms with Crippen molar-refractivity contribution in [3.8, 4) is 22.6 Å². The Labute approximate surface area is 164 Å². The Morgan fingerprint density at radius 3 is 2.71 bits per heavy atom. The number of oxazole rings is 1. The summed E-state index contributed by atoms with van der Waals surface area (Å²) in [7, 11) is 0. The van der Waals surface area contributed by atoms with Gasteiger partial charge in [-0.15, -0.1) is 11.3 Å². The van der Waals surface area contributed by atoms with Crippen LogP contribution in [-0.2, 0) is 0 Å². The van der Waals surface area contributed by atoms with E-state index in [4.69, 9.17) is 4.42 Å². The van der Waals surface area contributed by atoms with E-state index in [2.05, 4.69) is 20.3 Å². The number of aromatic nitrogens is 3. The number of nitrogens with one attached hydrogen (secondary N) is 1. The molecule has 1 aromatic carbocycles. The van der Waals surface area contributed by atoms with Crippen LogP contribution in [0.1, 0.15) is 22.0 Å². The minimum atomic E-state index is -0.544. The van der Waals surface area contributed by atoms with Gasteiger partial charge in [0.25, 0.3) is 5.91 Å². The summed E-state index contributed by atoms with van der Waals surface area (Å²) in [5, 5.41) is 4.90. The number of nitrogens with zero attached hydrogens (tertiary/aromatic N) is 3. The zero-order valence-corrected chi connectivity index (χ0v) is 15.9. The van der Waals surface area contributed by atoms with Gasteiger partial charge < -0.3 is 4.42 Å². The molecule has 0 spiro atoms. The fourth-order valence-electron chi connectivity index (χ4n) is 2.76. The Bertz CT molecular complexity index is 1170. The Morgan fingerprint density at radius 2 is 1.93 bits per heavy atom. The van der Waals surface area contributed by atoms with Crippen LogP contribution < -0.4 is 5.32 Å². The standard InChI is InChI=1S/C20H15FN4O2S/c1-11-6-5-9-22-16(11)15-10-28-20(24-15)25-19(26)18-17(23-12(2)27-18)13-7-3-4-8-14(13)21/h3-10H,1-2H3,(H,24,25,26). The molecule has 0 fully saturated rings. The normalized spacial score (nSPS) is 10.8. The van der Waals surface area contributed by atoms with Crippen LogP contribution in [0.25, 0.3) is 22.6 Å². The quantitative estimate of drug-likeness (QED) is 0.534. The van der Waals surface area contributed by atoms with Crippen molar-refractivity contribution in [3.63, 3.8) is 0 Å². The van der Waals surface area contributed by atoms with E-state index in [1.165, 1.54) is 17.4 Å². The number of aryl methyl sites for hydroxylation is 2. The number of hydrogen-bond donors (Lipinski definition) is 1. The molecule has 0 saturated heterocycles. The van der Waals surface area contributed by atoms with Crippen LogP contribution in [0.15, 0.2) is 52.4 Å². The Hall–Kier alpha value is -3.39. The molecule has 1 amide bonds. The predicted octanol–water partition coefficient (Wildman–Crippen LogP) is 4.87. The lowest BCUT2D eigenvalue weighted by atomic mass is 10.1. The summed E-state index contributed by atoms with van der Waals surface area (Å²) < 4.78 is 19.6. The summed E-state index contributed by atoms with van der Waals surface area (Å²) in [6.45, 7) is 3.55. The van der Waals surface area contributed by atoms with E-state index in [9.17, 15) is 9.18 Å². The van der Waals surface area contributed by atoms with Gasteiger partial charge in [-0.3, -0.25) is 15.1 Å². The van der Waals surface area contributed by atoms with Gasteiger partial charge in [0.2, 0.25) is 5.76 Å². The number of anilines is 1. The zero-order chi connectivity index (χ0) is 19.7. The van der Waals surface area contributed by atoms with Crippen molar-refractivity contribution in [1.29, 1.82) is 0 Å². The number of rotatable bonds is 4. The molecule has 0 aliphatic carbocycles. The predicted molar refractivity (Wildman–Crippen MR) is 105 cm³/mol. The number of thiazole rings is 1. The average molecular weight is 394 g/mol. The number of pyridine rings is 1. The number of amides is 1. The molecule has 1 N–H and O–H groups in total. The van der Waals surface area contributed by atoms with Crippen LogP contribution >= 0.6 is 11.3 Å². The summed E-state index contributed by atoms with van der Waals surface area (Å²) in [6.07, 6.45) is 1.69. The maximum Gasteiger partial charge on any atom is 0.295 e. The summed E-state index contributed by atoms with van der Waals surface area (Å²) in [4.78, 5) is 25.7. The maximum absolute atomic E-state index is 14.2. The molecule has 0 atom stereocenters. The highest BCUT2D eigenvalue weighted by Crippen LogP contribution is 2.29. The molecule has 140 valence electrons. The molecule has 4 aromatic rings. The van der Waals surface area contributed by atoms with Gasteiger partial charge in [0.1, 0.15) is 17.2 Å². The number of carbonyl (C=O) groups is 1. The highest BCUT2D eigenvalue weighted by molar-refractivity contribution is 7.14. The number of carbonyl (C=O) groups excluding carboxylic acids is 1. The molecule has 3 aromatic heterocycles. The van der Waals surface area contributed by atoms with Crippen LogP contribution in [0.4, 0.5) is 9.52 Å². The first kappa shape index (κ1) is 18.0. The molecule has 0 radical (unpaired) electrons. The molecular weight excluding hydrogens is 379 g/mol. The molecule has 3 heterocycles. The van der Waals surface area contributed by atoms with Gasteiger partial charge in [-0.05, 0) is 30.7 Å². The van der Waals surface area contributed by atoms with Crippen LogP contribution in [0.2, 0.25) is 0 Å². The lowest BCUT2D eigenvalue weighted by Crippen LogP contribution is -2.12. The molecule has 0 unspecified atom stereocenters. The first-order chi connectivity index (χ1) is 13.5. The van der Waals surface area contributed by atoms with Crippen LogP contribution in [0, 0.1) is 19.7 Å². The van der Waals surface area contributed by atoms with Crippen molar-refractivity contribution in [2.24, 2.45) is 0 Å². The molecule has 8 heteroatoms. The van der Waals surface area contributed by atoms with Gasteiger partial charge in [0, 0.05) is 24.1 Å². The molecule has 6 nitrogen and oxygen atoms in total. The largest absolute Gasteiger partial charge is 0.435 e. The Balaban J connectivity index is 1.62. The molecule has 0 aliphatic rings. The van der Waals surface area contributed by atoms with Gasteiger partial charge in [-0.2, -0.15) is 0 Å². The highest BCUT2D eigenvalue weighted by Gasteiger charge is 2.23. The van der Waals surface area contributed by atoms with E-state index in [1.54, 1.807) is 31.3 Å². The topological polar surface area (TPSA) is 80.9 Å². The summed E-state index contributed by atoms with van der Waals surface area (Å²) in [5.74, 6) is -0.815. The Morgan fingerprint density at radius 1 is 1.11 bits per heavy atom. The van der Waals surface area contributed by atoms with Crippen LogP contribution in [0.5, 0.6) is 0 Å². The van der Waals surface area contributed by atoms with Crippen molar-refractivity contribution in [2.45, 2.75) is 13.8 Å². The van der Waals surface area contributed by atoms with E-state index < -0.39 is 11.7 Å². The SMILES string of the molecule is Cc1nc(-c2ccccc2F)c(C(=O)Nc2nc(-c3ncccc3C)cs2)o1. The third-order valence-electron chi connectivity index (χ3n) is 4.05. The summed E-state index contributed by atoms with van der Waals surface area (Å²) in [6, 6.07) is 9.90. The van der Waals surface area contributed by atoms with Gasteiger partial charge in [0.05, 0.1) is 5.69 Å². The van der Waals surface area contributed by atoms with Gasteiger partial charge in [-0.1, -0.05) is 18.2 Å². The first-order valence-corrected chi connectivity index (χ1v) is 9.32. The monoisotopic (exact) mass is 394 g/mol. The van der Waals surface area contributed by atoms with E-state index in [1.807, 2.05) is 24.4 Å². The van der Waals surface area contributed by atoms with Crippen molar-refractivity contribution < 1.29 is 13.6 Å². The minimum Gasteiger partial charge on any atom is -0.435 e. The lowest BCUT2D eigenvalue weighted by Gasteiger charge is -2.03. The lowest BCUT2D eigenvalue weighted by molar-refractivity contribution is 0.0996. The molecule has 0 saturated carbocycles. The zero-order valence-electron chi connectivity index (χ0n) is 15.1. The van der Waals surface area contributed by atoms with Gasteiger partial charge in [-0.25, -0.2) is 14.4 Å². The average Bonchev–Trinajstić information content (AvgIpc) is 3.29. The molecule has 28 heavy (non-hydrogen) atoms. The molecular formula is C20H15FN4O2S. The van der Waals surface area contributed by atoms with Crippen molar-refractivity contribution in [3.05, 3.63) is 71.0 Å². The molecule has 0 aliphatic heterocycles. The summed E-state index contributed by atoms with van der Waals surface area (Å²) >= 11 is 1.27. The van der Waals surface area contributed by atoms with Crippen molar-refractivity contribution in [1.82, 2.24) is 15.0 Å². The van der Waals surface area contributed by atoms with E-state index in [-0.39, 0.29) is 22.9 Å². The maximum atomic E-state index is 14.2. The first-order valence-electron chi connectivity index (χ1n) is 8.44. The van der Waals surface area contributed by atoms with Crippen molar-refractivity contribution in [2.75, 3.05) is 5.32 Å². The molecule has 0 bridgehead atoms. The fourth-order valence-corrected chi connectivity index (χ4v) is 3.45. The highest BCUT2D eigenvalue weighted by atomic mass is 32.1. The third kappa shape index (κ3) is 3.41. The number of benzene rings is 1. The second-order valence-electron chi connectivity index (χ2n) is 6.05. The summed E-state index contributed by atoms with van der Waals surface area (Å²) in [5.41, 5.74) is 2.76. The van der Waals surface area contributed by atoms with Gasteiger partial charge in [0.15, 0.2) is 11.0 Å². The van der Waals surface area contributed by atoms with E-state index in [0.29, 0.717) is 10.8 Å². The second-order valence-corrected chi connectivity index (χ2v) is 6.91. The number of halogens is 1. The van der Waals surface area contributed by atoms with E-state index in [0.717, 1.165) is 11.3 Å². The third-order valence-corrected chi connectivity index (χ3v) is 4.80. The van der Waals surface area contributed by atoms with E-state index >= 15 is 0 Å². The van der Waals surface area contributed by atoms with Crippen LogP contribution in [-0.4, -0.2) is 20.9 Å². The van der Waals surface area contributed by atoms with Crippen molar-refractivity contribution >= 4 is 22.4 Å². The number of hydrogen-bond acceptors (Lipinski definition) is 6. The Kier molecular flexibility index (Phi) is 4.70. The smallest absolute Gasteiger partial charge is 0.295 e. The second kappa shape index (κ2) is 7.32. The fraction of sp³-hybridized carbons (Fsp3) is 0.100.